The van der Waals surface area contributed by atoms with Crippen molar-refractivity contribution in [2.45, 2.75) is 13.1 Å². The smallest absolute Gasteiger partial charge is 0.292 e. The fourth-order valence-electron chi connectivity index (χ4n) is 2.64. The zero-order valence-corrected chi connectivity index (χ0v) is 17.5. The lowest BCUT2D eigenvalue weighted by Gasteiger charge is -2.15. The number of nitrogens with zero attached hydrogens (tertiary/aromatic N) is 5. The number of aromatic nitrogens is 4. The first kappa shape index (κ1) is 24.2. The number of halogens is 2. The Hall–Kier alpha value is -2.88. The van der Waals surface area contributed by atoms with Crippen LogP contribution in [0.5, 0.6) is 0 Å². The van der Waals surface area contributed by atoms with Gasteiger partial charge in [0.25, 0.3) is 11.8 Å². The minimum absolute atomic E-state index is 0. The maximum absolute atomic E-state index is 12.3. The Balaban J connectivity index is 0.00000210. The van der Waals surface area contributed by atoms with Gasteiger partial charge in [-0.25, -0.2) is 18.3 Å². The molecule has 2 amide bonds. The number of aryl methyl sites for hydroxylation is 2. The Bertz CT molecular complexity index is 972. The number of imidazole rings is 2. The summed E-state index contributed by atoms with van der Waals surface area (Å²) in [6.07, 6.45) is 10.7. The predicted octanol–water partition coefficient (Wildman–Crippen LogP) is -5.99. The first-order valence-electron chi connectivity index (χ1n) is 8.34. The monoisotopic (exact) mass is 440 g/mol. The van der Waals surface area contributed by atoms with Crippen LogP contribution in [0.3, 0.4) is 0 Å². The number of carbonyl (C=O) groups excluding carboxylic acids is 2. The van der Waals surface area contributed by atoms with E-state index >= 15 is 0 Å². The van der Waals surface area contributed by atoms with Crippen LogP contribution in [-0.4, -0.2) is 26.2 Å². The molecule has 156 valence electrons. The van der Waals surface area contributed by atoms with Gasteiger partial charge in [-0.05, 0) is 18.2 Å². The topological polar surface area (TPSA) is 87.3 Å². The van der Waals surface area contributed by atoms with E-state index in [9.17, 15) is 14.8 Å². The van der Waals surface area contributed by atoms with Crippen LogP contribution in [0.1, 0.15) is 0 Å². The molecule has 2 N–H and O–H groups in total. The van der Waals surface area contributed by atoms with Gasteiger partial charge in [-0.3, -0.25) is 14.8 Å². The Kier molecular flexibility index (Phi) is 8.84. The van der Waals surface area contributed by atoms with Crippen molar-refractivity contribution < 1.29 is 48.7 Å². The Morgan fingerprint density at radius 3 is 2.17 bits per heavy atom. The first-order chi connectivity index (χ1) is 12.9. The average molecular weight is 441 g/mol. The Labute approximate surface area is 180 Å². The number of hydrogen-bond acceptors (Lipinski definition) is 3. The molecule has 11 heteroatoms. The maximum Gasteiger partial charge on any atom is 0.292 e. The summed E-state index contributed by atoms with van der Waals surface area (Å²) in [5.41, 5.74) is 0.773. The number of nitrogens with one attached hydrogen (secondary N) is 1. The molecule has 0 atom stereocenters. The van der Waals surface area contributed by atoms with Gasteiger partial charge in [-0.1, -0.05) is 6.07 Å². The van der Waals surface area contributed by atoms with Crippen LogP contribution in [0.2, 0.25) is 0 Å². The van der Waals surface area contributed by atoms with Crippen LogP contribution in [0.25, 0.3) is 0 Å². The largest absolute Gasteiger partial charge is 1.00 e. The van der Waals surface area contributed by atoms with Crippen molar-refractivity contribution in [1.82, 2.24) is 9.13 Å². The molecule has 3 rings (SSSR count). The molecule has 3 aromatic rings. The van der Waals surface area contributed by atoms with Crippen LogP contribution in [0.15, 0.2) is 61.7 Å². The average Bonchev–Trinajstić information content (AvgIpc) is 3.22. The van der Waals surface area contributed by atoms with Crippen molar-refractivity contribution in [3.05, 3.63) is 61.7 Å². The maximum atomic E-state index is 12.3. The summed E-state index contributed by atoms with van der Waals surface area (Å²) in [6.45, 7) is 0.163. The third kappa shape index (κ3) is 6.60. The lowest BCUT2D eigenvalue weighted by atomic mass is 10.2. The fourth-order valence-corrected chi connectivity index (χ4v) is 2.64. The molecule has 0 aliphatic carbocycles. The van der Waals surface area contributed by atoms with E-state index in [1.807, 2.05) is 24.9 Å². The number of rotatable bonds is 6. The van der Waals surface area contributed by atoms with Crippen LogP contribution in [-0.2, 0) is 36.8 Å². The highest BCUT2D eigenvalue weighted by molar-refractivity contribution is 5.94. The molecule has 2 heterocycles. The zero-order chi connectivity index (χ0) is 19.4. The normalized spacial score (nSPS) is 9.90. The Morgan fingerprint density at radius 1 is 1.03 bits per heavy atom. The summed E-state index contributed by atoms with van der Waals surface area (Å²) >= 11 is 0. The van der Waals surface area contributed by atoms with E-state index in [-0.39, 0.29) is 49.5 Å². The van der Waals surface area contributed by atoms with Crippen molar-refractivity contribution in [1.29, 1.82) is 0 Å². The minimum Gasteiger partial charge on any atom is -1.00 e. The number of amides is 2. The Morgan fingerprint density at radius 2 is 1.62 bits per heavy atom. The highest BCUT2D eigenvalue weighted by Crippen LogP contribution is 2.18. The molecule has 0 unspecified atom stereocenters. The van der Waals surface area contributed by atoms with Crippen LogP contribution in [0, 0.1) is 0 Å². The standard InChI is InChI=1S/C18H21N6O3.2ClH/c1-20-6-8-22(13-20)11-17(25)19-15-4-3-5-16(10-15)24(27)18(26)12-23-9-7-21(2)14-23;;/h3-10,13-14,27H,11-12H2,1-2H3;2*1H/q+1;;/p-1. The van der Waals surface area contributed by atoms with Crippen molar-refractivity contribution in [3.8, 4) is 0 Å². The van der Waals surface area contributed by atoms with Gasteiger partial charge in [0.05, 0.1) is 19.8 Å². The molecule has 1 aromatic carbocycles. The highest BCUT2D eigenvalue weighted by atomic mass is 35.5. The van der Waals surface area contributed by atoms with Gasteiger partial charge < -0.3 is 30.1 Å². The molecule has 0 aliphatic heterocycles. The summed E-state index contributed by atoms with van der Waals surface area (Å²) in [7, 11) is 3.72. The third-order valence-electron chi connectivity index (χ3n) is 3.90. The lowest BCUT2D eigenvalue weighted by Crippen LogP contribution is -3.00. The second-order valence-corrected chi connectivity index (χ2v) is 6.31. The van der Waals surface area contributed by atoms with Crippen LogP contribution >= 0.6 is 0 Å². The van der Waals surface area contributed by atoms with E-state index in [1.54, 1.807) is 69.2 Å². The summed E-state index contributed by atoms with van der Waals surface area (Å²) < 4.78 is 7.05. The van der Waals surface area contributed by atoms with Gasteiger partial charge in [-0.2, -0.15) is 5.06 Å². The van der Waals surface area contributed by atoms with Gasteiger partial charge in [0.15, 0.2) is 13.1 Å². The van der Waals surface area contributed by atoms with Gasteiger partial charge in [0.2, 0.25) is 12.7 Å². The molecule has 0 bridgehead atoms. The second-order valence-electron chi connectivity index (χ2n) is 6.31. The molecular weight excluding hydrogens is 419 g/mol. The SMILES string of the molecule is C[n+]1ccn(CC(=O)Nc2cccc(N(O)C(=O)Cn3cc[n+](C)c3)c2)c1.[Cl-].[Cl-]. The summed E-state index contributed by atoms with van der Waals surface area (Å²) in [4.78, 5) is 24.4. The minimum atomic E-state index is -0.491. The van der Waals surface area contributed by atoms with Crippen molar-refractivity contribution in [2.24, 2.45) is 14.1 Å². The van der Waals surface area contributed by atoms with E-state index in [0.29, 0.717) is 10.8 Å². The van der Waals surface area contributed by atoms with Crippen molar-refractivity contribution >= 4 is 23.2 Å². The van der Waals surface area contributed by atoms with Crippen LogP contribution < -0.4 is 44.3 Å². The second kappa shape index (κ2) is 10.6. The molecule has 0 radical (unpaired) electrons. The van der Waals surface area contributed by atoms with Gasteiger partial charge in [0.1, 0.15) is 24.8 Å². The van der Waals surface area contributed by atoms with E-state index in [0.717, 1.165) is 0 Å². The third-order valence-corrected chi connectivity index (χ3v) is 3.90. The van der Waals surface area contributed by atoms with Gasteiger partial charge >= 0.3 is 0 Å². The van der Waals surface area contributed by atoms with Crippen LogP contribution in [0.4, 0.5) is 11.4 Å². The lowest BCUT2D eigenvalue weighted by molar-refractivity contribution is -0.671. The molecule has 2 aromatic heterocycles. The van der Waals surface area contributed by atoms with Crippen molar-refractivity contribution in [2.75, 3.05) is 10.4 Å². The zero-order valence-electron chi connectivity index (χ0n) is 15.9. The molecule has 0 fully saturated rings. The summed E-state index contributed by atoms with van der Waals surface area (Å²) in [6, 6.07) is 6.49. The molecule has 9 nitrogen and oxygen atoms in total. The highest BCUT2D eigenvalue weighted by Gasteiger charge is 2.17. The molecule has 29 heavy (non-hydrogen) atoms. The molecule has 0 spiro atoms. The van der Waals surface area contributed by atoms with E-state index in [4.69, 9.17) is 0 Å². The fraction of sp³-hybridized carbons (Fsp3) is 0.222. The molecule has 0 aliphatic rings. The van der Waals surface area contributed by atoms with Gasteiger partial charge in [-0.15, -0.1) is 0 Å². The number of carbonyl (C=O) groups is 2. The van der Waals surface area contributed by atoms with E-state index < -0.39 is 5.91 Å². The number of hydroxylamine groups is 1. The molecule has 0 saturated carbocycles. The van der Waals surface area contributed by atoms with E-state index in [2.05, 4.69) is 5.32 Å². The summed E-state index contributed by atoms with van der Waals surface area (Å²) in [5, 5.41) is 13.5. The number of benzene rings is 1. The quantitative estimate of drug-likeness (QED) is 0.227. The molecule has 0 saturated heterocycles. The molecular formula is C18H22Cl2N6O3. The number of anilines is 2. The van der Waals surface area contributed by atoms with Gasteiger partial charge in [0, 0.05) is 5.69 Å². The van der Waals surface area contributed by atoms with E-state index in [1.165, 1.54) is 0 Å². The predicted molar refractivity (Wildman–Crippen MR) is 95.6 cm³/mol. The number of hydrogen-bond donors (Lipinski definition) is 2. The van der Waals surface area contributed by atoms with Crippen molar-refractivity contribution in [3.63, 3.8) is 0 Å². The first-order valence-corrected chi connectivity index (χ1v) is 8.34. The summed E-state index contributed by atoms with van der Waals surface area (Å²) in [5.74, 6) is -0.700.